The zero-order valence-electron chi connectivity index (χ0n) is 12.9. The average Bonchev–Trinajstić information content (AvgIpc) is 3.09. The highest BCUT2D eigenvalue weighted by Gasteiger charge is 2.36. The van der Waals surface area contributed by atoms with Crippen LogP contribution in [0.1, 0.15) is 55.9 Å². The van der Waals surface area contributed by atoms with Gasteiger partial charge in [-0.15, -0.1) is 0 Å². The first-order valence-electron chi connectivity index (χ1n) is 7.52. The Bertz CT molecular complexity index is 732. The molecule has 2 aromatic rings. The molecule has 0 radical (unpaired) electrons. The predicted octanol–water partition coefficient (Wildman–Crippen LogP) is 3.96. The van der Waals surface area contributed by atoms with Crippen molar-refractivity contribution in [3.05, 3.63) is 45.8 Å². The van der Waals surface area contributed by atoms with E-state index in [-0.39, 0.29) is 30.2 Å². The van der Waals surface area contributed by atoms with Crippen LogP contribution in [0, 0.1) is 5.82 Å². The van der Waals surface area contributed by atoms with Crippen LogP contribution < -0.4 is 0 Å². The molecule has 1 atom stereocenters. The van der Waals surface area contributed by atoms with Crippen LogP contribution in [0.4, 0.5) is 4.39 Å². The van der Waals surface area contributed by atoms with Crippen LogP contribution in [0.15, 0.2) is 27.2 Å². The van der Waals surface area contributed by atoms with Gasteiger partial charge < -0.3 is 9.42 Å². The van der Waals surface area contributed by atoms with Crippen LogP contribution >= 0.6 is 15.9 Å². The third-order valence-corrected chi connectivity index (χ3v) is 4.44. The van der Waals surface area contributed by atoms with E-state index in [1.54, 1.807) is 17.0 Å². The Morgan fingerprint density at radius 2 is 2.26 bits per heavy atom. The first kappa shape index (κ1) is 16.1. The number of likely N-dealkylation sites (tertiary alicyclic amines) is 1. The van der Waals surface area contributed by atoms with Crippen LogP contribution in [0.25, 0.3) is 0 Å². The molecule has 0 bridgehead atoms. The van der Waals surface area contributed by atoms with Gasteiger partial charge in [0.25, 0.3) is 0 Å². The highest BCUT2D eigenvalue weighted by molar-refractivity contribution is 9.10. The highest BCUT2D eigenvalue weighted by Crippen LogP contribution is 2.34. The van der Waals surface area contributed by atoms with Gasteiger partial charge >= 0.3 is 0 Å². The van der Waals surface area contributed by atoms with Crippen molar-refractivity contribution in [2.24, 2.45) is 0 Å². The average molecular weight is 382 g/mol. The fraction of sp³-hybridized carbons (Fsp3) is 0.438. The molecule has 1 aliphatic rings. The van der Waals surface area contributed by atoms with Crippen molar-refractivity contribution in [2.75, 3.05) is 0 Å². The third kappa shape index (κ3) is 3.29. The summed E-state index contributed by atoms with van der Waals surface area (Å²) in [6.45, 7) is 4.15. The van der Waals surface area contributed by atoms with E-state index < -0.39 is 0 Å². The van der Waals surface area contributed by atoms with E-state index in [1.165, 1.54) is 6.07 Å². The maximum atomic E-state index is 14.1. The zero-order valence-corrected chi connectivity index (χ0v) is 14.5. The number of hydrogen-bond donors (Lipinski definition) is 0. The van der Waals surface area contributed by atoms with Gasteiger partial charge in [0.1, 0.15) is 11.9 Å². The van der Waals surface area contributed by atoms with Crippen molar-refractivity contribution in [3.63, 3.8) is 0 Å². The summed E-state index contributed by atoms with van der Waals surface area (Å²) in [7, 11) is 0. The van der Waals surface area contributed by atoms with Crippen molar-refractivity contribution in [1.82, 2.24) is 15.0 Å². The molecule has 1 saturated heterocycles. The number of hydrogen-bond acceptors (Lipinski definition) is 4. The Balaban J connectivity index is 1.84. The van der Waals surface area contributed by atoms with Gasteiger partial charge in [-0.05, 0) is 18.6 Å². The SMILES string of the molecule is CC(C)c1noc(C2CCC(=O)N2Cc2ccc(Br)cc2F)n1. The number of amides is 1. The van der Waals surface area contributed by atoms with Crippen LogP contribution in [0.5, 0.6) is 0 Å². The summed E-state index contributed by atoms with van der Waals surface area (Å²) in [5, 5.41) is 3.95. The van der Waals surface area contributed by atoms with Gasteiger partial charge in [-0.1, -0.05) is 41.0 Å². The summed E-state index contributed by atoms with van der Waals surface area (Å²) in [6.07, 6.45) is 1.01. The Hall–Kier alpha value is -1.76. The molecular formula is C16H17BrFN3O2. The van der Waals surface area contributed by atoms with Gasteiger partial charge in [0, 0.05) is 28.9 Å². The molecule has 0 spiro atoms. The molecule has 1 unspecified atom stereocenters. The molecule has 5 nitrogen and oxygen atoms in total. The summed E-state index contributed by atoms with van der Waals surface area (Å²) < 4.78 is 20.0. The van der Waals surface area contributed by atoms with E-state index in [2.05, 4.69) is 26.1 Å². The smallest absolute Gasteiger partial charge is 0.249 e. The van der Waals surface area contributed by atoms with Crippen LogP contribution in [-0.4, -0.2) is 20.9 Å². The van der Waals surface area contributed by atoms with Crippen molar-refractivity contribution >= 4 is 21.8 Å². The normalized spacial score (nSPS) is 18.2. The second kappa shape index (κ2) is 6.39. The van der Waals surface area contributed by atoms with Crippen molar-refractivity contribution in [1.29, 1.82) is 0 Å². The zero-order chi connectivity index (χ0) is 16.6. The molecular weight excluding hydrogens is 365 g/mol. The highest BCUT2D eigenvalue weighted by atomic mass is 79.9. The molecule has 1 amide bonds. The molecule has 0 saturated carbocycles. The number of benzene rings is 1. The first-order valence-corrected chi connectivity index (χ1v) is 8.32. The lowest BCUT2D eigenvalue weighted by molar-refractivity contribution is -0.130. The summed E-state index contributed by atoms with van der Waals surface area (Å²) in [4.78, 5) is 18.2. The van der Waals surface area contributed by atoms with Gasteiger partial charge in [0.15, 0.2) is 5.82 Å². The van der Waals surface area contributed by atoms with E-state index in [0.717, 1.165) is 0 Å². The Labute approximate surface area is 142 Å². The number of halogens is 2. The van der Waals surface area contributed by atoms with Crippen LogP contribution in [-0.2, 0) is 11.3 Å². The second-order valence-electron chi connectivity index (χ2n) is 5.96. The number of nitrogens with zero attached hydrogens (tertiary/aromatic N) is 3. The molecule has 1 aliphatic heterocycles. The molecule has 1 aromatic heterocycles. The number of carbonyl (C=O) groups is 1. The second-order valence-corrected chi connectivity index (χ2v) is 6.87. The van der Waals surface area contributed by atoms with E-state index in [0.29, 0.717) is 34.6 Å². The summed E-state index contributed by atoms with van der Waals surface area (Å²) in [6, 6.07) is 4.55. The fourth-order valence-electron chi connectivity index (χ4n) is 2.64. The quantitative estimate of drug-likeness (QED) is 0.803. The fourth-order valence-corrected chi connectivity index (χ4v) is 2.97. The van der Waals surface area contributed by atoms with Crippen molar-refractivity contribution < 1.29 is 13.7 Å². The van der Waals surface area contributed by atoms with E-state index >= 15 is 0 Å². The van der Waals surface area contributed by atoms with Crippen molar-refractivity contribution in [3.8, 4) is 0 Å². The Morgan fingerprint density at radius 1 is 1.48 bits per heavy atom. The molecule has 7 heteroatoms. The molecule has 122 valence electrons. The molecule has 1 aromatic carbocycles. The predicted molar refractivity (Wildman–Crippen MR) is 85.0 cm³/mol. The van der Waals surface area contributed by atoms with E-state index in [4.69, 9.17) is 4.52 Å². The van der Waals surface area contributed by atoms with E-state index in [1.807, 2.05) is 13.8 Å². The maximum absolute atomic E-state index is 14.1. The lowest BCUT2D eigenvalue weighted by Gasteiger charge is -2.22. The molecule has 2 heterocycles. The summed E-state index contributed by atoms with van der Waals surface area (Å²) >= 11 is 3.23. The van der Waals surface area contributed by atoms with Gasteiger partial charge in [0.05, 0.1) is 0 Å². The maximum Gasteiger partial charge on any atom is 0.249 e. The topological polar surface area (TPSA) is 59.2 Å². The van der Waals surface area contributed by atoms with Crippen LogP contribution in [0.2, 0.25) is 0 Å². The van der Waals surface area contributed by atoms with Gasteiger partial charge in [-0.3, -0.25) is 4.79 Å². The number of carbonyl (C=O) groups excluding carboxylic acids is 1. The van der Waals surface area contributed by atoms with Crippen LogP contribution in [0.3, 0.4) is 0 Å². The van der Waals surface area contributed by atoms with Gasteiger partial charge in [-0.25, -0.2) is 4.39 Å². The van der Waals surface area contributed by atoms with Gasteiger partial charge in [0.2, 0.25) is 11.8 Å². The molecule has 0 aliphatic carbocycles. The minimum atomic E-state index is -0.341. The lowest BCUT2D eigenvalue weighted by atomic mass is 10.1. The lowest BCUT2D eigenvalue weighted by Crippen LogP contribution is -2.27. The number of aromatic nitrogens is 2. The summed E-state index contributed by atoms with van der Waals surface area (Å²) in [5.74, 6) is 0.834. The minimum absolute atomic E-state index is 0.0263. The standard InChI is InChI=1S/C16H17BrFN3O2/c1-9(2)15-19-16(23-20-15)13-5-6-14(22)21(13)8-10-3-4-11(17)7-12(10)18/h3-4,7,9,13H,5-6,8H2,1-2H3. The first-order chi connectivity index (χ1) is 11.0. The van der Waals surface area contributed by atoms with E-state index in [9.17, 15) is 9.18 Å². The number of rotatable bonds is 4. The minimum Gasteiger partial charge on any atom is -0.337 e. The summed E-state index contributed by atoms with van der Waals surface area (Å²) in [5.41, 5.74) is 0.469. The van der Waals surface area contributed by atoms with Gasteiger partial charge in [-0.2, -0.15) is 4.98 Å². The third-order valence-electron chi connectivity index (χ3n) is 3.94. The molecule has 1 fully saturated rings. The molecule has 23 heavy (non-hydrogen) atoms. The largest absolute Gasteiger partial charge is 0.337 e. The molecule has 3 rings (SSSR count). The Kier molecular flexibility index (Phi) is 4.48. The monoisotopic (exact) mass is 381 g/mol. The Morgan fingerprint density at radius 3 is 2.91 bits per heavy atom. The molecule has 0 N–H and O–H groups in total. The van der Waals surface area contributed by atoms with Crippen molar-refractivity contribution in [2.45, 2.75) is 45.2 Å².